The average molecular weight is 103 g/mol. The van der Waals surface area contributed by atoms with Gasteiger partial charge in [-0.15, -0.1) is 0 Å². The molecule has 0 radical (unpaired) electrons. The van der Waals surface area contributed by atoms with Gasteiger partial charge in [0.15, 0.2) is 6.09 Å². The van der Waals surface area contributed by atoms with Gasteiger partial charge in [0, 0.05) is 6.54 Å². The van der Waals surface area contributed by atoms with Crippen LogP contribution < -0.4 is 10.9 Å². The molecule has 0 unspecified atom stereocenters. The van der Waals surface area contributed by atoms with Gasteiger partial charge in [-0.2, -0.15) is 0 Å². The Morgan fingerprint density at radius 1 is 2.00 bits per heavy atom. The van der Waals surface area contributed by atoms with Gasteiger partial charge in [0.25, 0.3) is 0 Å². The molecule has 0 aliphatic rings. The van der Waals surface area contributed by atoms with Crippen molar-refractivity contribution in [1.29, 1.82) is 0 Å². The summed E-state index contributed by atoms with van der Waals surface area (Å²) in [6.45, 7) is 1.89. The molecule has 0 aliphatic heterocycles. The zero-order chi connectivity index (χ0) is 5.86. The van der Waals surface area contributed by atoms with Crippen molar-refractivity contribution < 1.29 is 9.90 Å². The first kappa shape index (κ1) is 6.23. The highest BCUT2D eigenvalue weighted by molar-refractivity contribution is 5.61. The van der Waals surface area contributed by atoms with Crippen LogP contribution in [0.1, 0.15) is 6.92 Å². The lowest BCUT2D eigenvalue weighted by atomic mass is 10.7. The number of carbonyl (C=O) groups excluding carboxylic acids is 1. The molecule has 0 heterocycles. The fourth-order valence-corrected chi connectivity index (χ4v) is 0.129. The van der Waals surface area contributed by atoms with Crippen molar-refractivity contribution in [2.75, 3.05) is 6.54 Å². The molecule has 0 bridgehead atoms. The molecule has 4 heteroatoms. The molecule has 1 amide bonds. The predicted octanol–water partition coefficient (Wildman–Crippen LogP) is -1.47. The molecule has 7 heavy (non-hydrogen) atoms. The number of carbonyl (C=O) groups is 1. The molecule has 0 atom stereocenters. The molecule has 42 valence electrons. The Morgan fingerprint density at radius 3 is 2.43 bits per heavy atom. The molecule has 0 aromatic rings. The van der Waals surface area contributed by atoms with Gasteiger partial charge < -0.3 is 9.90 Å². The number of nitrogens with zero attached hydrogens (tertiary/aromatic N) is 1. The highest BCUT2D eigenvalue weighted by Gasteiger charge is 1.87. The molecule has 0 saturated heterocycles. The van der Waals surface area contributed by atoms with E-state index in [1.54, 1.807) is 6.92 Å². The largest absolute Gasteiger partial charge is 0.529 e. The lowest BCUT2D eigenvalue weighted by Gasteiger charge is -2.14. The minimum Gasteiger partial charge on any atom is -0.529 e. The van der Waals surface area contributed by atoms with Crippen molar-refractivity contribution in [3.63, 3.8) is 0 Å². The van der Waals surface area contributed by atoms with E-state index in [2.05, 4.69) is 0 Å². The van der Waals surface area contributed by atoms with Crippen LogP contribution in [0.5, 0.6) is 0 Å². The smallest absolute Gasteiger partial charge is 0.151 e. The van der Waals surface area contributed by atoms with Crippen molar-refractivity contribution >= 4 is 6.09 Å². The van der Waals surface area contributed by atoms with E-state index >= 15 is 0 Å². The van der Waals surface area contributed by atoms with Crippen LogP contribution in [0.2, 0.25) is 0 Å². The third kappa shape index (κ3) is 1.99. The van der Waals surface area contributed by atoms with E-state index in [-0.39, 0.29) is 6.54 Å². The Labute approximate surface area is 41.5 Å². The van der Waals surface area contributed by atoms with Gasteiger partial charge in [-0.3, -0.25) is 5.01 Å². The molecule has 0 saturated carbocycles. The maximum absolute atomic E-state index is 9.62. The van der Waals surface area contributed by atoms with Crippen molar-refractivity contribution in [2.24, 2.45) is 5.84 Å². The van der Waals surface area contributed by atoms with Gasteiger partial charge in [0.05, 0.1) is 0 Å². The summed E-state index contributed by atoms with van der Waals surface area (Å²) in [5.74, 6) is 4.79. The molecule has 0 aromatic carbocycles. The first-order valence-corrected chi connectivity index (χ1v) is 1.91. The summed E-state index contributed by atoms with van der Waals surface area (Å²) in [5, 5.41) is 10.2. The lowest BCUT2D eigenvalue weighted by Crippen LogP contribution is -2.45. The maximum atomic E-state index is 9.62. The van der Waals surface area contributed by atoms with E-state index in [0.29, 0.717) is 5.01 Å². The fraction of sp³-hybridized carbons (Fsp3) is 0.667. The molecule has 0 fully saturated rings. The fourth-order valence-electron chi connectivity index (χ4n) is 0.129. The van der Waals surface area contributed by atoms with Gasteiger partial charge in [-0.1, -0.05) is 0 Å². The molecule has 0 spiro atoms. The summed E-state index contributed by atoms with van der Waals surface area (Å²) >= 11 is 0. The monoisotopic (exact) mass is 103 g/mol. The Bertz CT molecular complexity index is 73.3. The highest BCUT2D eigenvalue weighted by Crippen LogP contribution is 1.69. The average Bonchev–Trinajstić information content (AvgIpc) is 1.65. The summed E-state index contributed by atoms with van der Waals surface area (Å²) in [5.41, 5.74) is 0. The topological polar surface area (TPSA) is 69.4 Å². The highest BCUT2D eigenvalue weighted by atomic mass is 16.4. The van der Waals surface area contributed by atoms with Crippen LogP contribution in [0.3, 0.4) is 0 Å². The van der Waals surface area contributed by atoms with Crippen LogP contribution >= 0.6 is 0 Å². The molecule has 4 nitrogen and oxygen atoms in total. The van der Waals surface area contributed by atoms with Crippen molar-refractivity contribution in [1.82, 2.24) is 5.01 Å². The minimum atomic E-state index is -1.34. The number of carboxylic acid groups (broad SMARTS) is 1. The number of rotatable bonds is 1. The molecular weight excluding hydrogens is 96.0 g/mol. The normalized spacial score (nSPS) is 8.29. The standard InChI is InChI=1S/C3H8N2O2/c1-2-5(4)3(6)7/h2,4H2,1H3,(H,6,7)/p-1. The van der Waals surface area contributed by atoms with Crippen LogP contribution in [-0.2, 0) is 0 Å². The first-order valence-electron chi connectivity index (χ1n) is 1.91. The van der Waals surface area contributed by atoms with Crippen LogP contribution in [0.4, 0.5) is 4.79 Å². The van der Waals surface area contributed by atoms with Crippen molar-refractivity contribution in [3.8, 4) is 0 Å². The Hall–Kier alpha value is -0.770. The third-order valence-corrected chi connectivity index (χ3v) is 0.575. The van der Waals surface area contributed by atoms with Gasteiger partial charge in [-0.05, 0) is 6.92 Å². The number of hydrazine groups is 1. The first-order chi connectivity index (χ1) is 3.18. The zero-order valence-corrected chi connectivity index (χ0v) is 4.05. The Kier molecular flexibility index (Phi) is 2.15. The second kappa shape index (κ2) is 2.41. The lowest BCUT2D eigenvalue weighted by molar-refractivity contribution is -0.265. The molecule has 0 aromatic heterocycles. The number of hydrogen-bond acceptors (Lipinski definition) is 3. The maximum Gasteiger partial charge on any atom is 0.151 e. The minimum absolute atomic E-state index is 0.266. The van der Waals surface area contributed by atoms with E-state index in [9.17, 15) is 9.90 Å². The van der Waals surface area contributed by atoms with Crippen LogP contribution in [0.25, 0.3) is 0 Å². The van der Waals surface area contributed by atoms with E-state index in [0.717, 1.165) is 0 Å². The predicted molar refractivity (Wildman–Crippen MR) is 22.0 cm³/mol. The SMILES string of the molecule is CCN(N)C(=O)[O-]. The second-order valence-corrected chi connectivity index (χ2v) is 1.05. The Balaban J connectivity index is 3.34. The van der Waals surface area contributed by atoms with Gasteiger partial charge >= 0.3 is 0 Å². The summed E-state index contributed by atoms with van der Waals surface area (Å²) in [4.78, 5) is 9.62. The second-order valence-electron chi connectivity index (χ2n) is 1.05. The van der Waals surface area contributed by atoms with E-state index < -0.39 is 6.09 Å². The van der Waals surface area contributed by atoms with Crippen LogP contribution in [0.15, 0.2) is 0 Å². The van der Waals surface area contributed by atoms with Crippen LogP contribution in [-0.4, -0.2) is 17.6 Å². The molecule has 2 N–H and O–H groups in total. The van der Waals surface area contributed by atoms with E-state index in [4.69, 9.17) is 5.84 Å². The summed E-state index contributed by atoms with van der Waals surface area (Å²) in [6, 6.07) is 0. The van der Waals surface area contributed by atoms with Gasteiger partial charge in [0.2, 0.25) is 0 Å². The van der Waals surface area contributed by atoms with Crippen molar-refractivity contribution in [2.45, 2.75) is 6.92 Å². The van der Waals surface area contributed by atoms with Gasteiger partial charge in [-0.25, -0.2) is 5.84 Å². The number of hydrogen-bond donors (Lipinski definition) is 1. The molecule has 0 aliphatic carbocycles. The van der Waals surface area contributed by atoms with E-state index in [1.165, 1.54) is 0 Å². The summed E-state index contributed by atoms with van der Waals surface area (Å²) < 4.78 is 0. The molecular formula is C3H7N2O2-. The number of nitrogens with two attached hydrogens (primary N) is 1. The third-order valence-electron chi connectivity index (χ3n) is 0.575. The Morgan fingerprint density at radius 2 is 2.43 bits per heavy atom. The zero-order valence-electron chi connectivity index (χ0n) is 4.05. The summed E-state index contributed by atoms with van der Waals surface area (Å²) in [6.07, 6.45) is -1.34. The van der Waals surface area contributed by atoms with Crippen molar-refractivity contribution in [3.05, 3.63) is 0 Å². The molecule has 0 rings (SSSR count). The van der Waals surface area contributed by atoms with E-state index in [1.807, 2.05) is 0 Å². The summed E-state index contributed by atoms with van der Waals surface area (Å²) in [7, 11) is 0. The number of amides is 1. The quantitative estimate of drug-likeness (QED) is 0.250. The van der Waals surface area contributed by atoms with Gasteiger partial charge in [0.1, 0.15) is 0 Å². The van der Waals surface area contributed by atoms with Crippen LogP contribution in [0, 0.1) is 0 Å².